The average Bonchev–Trinajstić information content (AvgIpc) is 2.42. The molecule has 1 aliphatic rings. The van der Waals surface area contributed by atoms with Crippen molar-refractivity contribution in [3.63, 3.8) is 0 Å². The molecule has 1 unspecified atom stereocenters. The molecule has 18 heavy (non-hydrogen) atoms. The minimum Gasteiger partial charge on any atom is -0.497 e. The van der Waals surface area contributed by atoms with Crippen LogP contribution in [0.2, 0.25) is 0 Å². The molecule has 4 heteroatoms. The Morgan fingerprint density at radius 2 is 2.33 bits per heavy atom. The van der Waals surface area contributed by atoms with Crippen LogP contribution < -0.4 is 10.1 Å². The van der Waals surface area contributed by atoms with E-state index in [1.807, 2.05) is 18.2 Å². The van der Waals surface area contributed by atoms with Gasteiger partial charge < -0.3 is 14.8 Å². The van der Waals surface area contributed by atoms with E-state index in [4.69, 9.17) is 9.47 Å². The molecule has 0 aromatic heterocycles. The number of rotatable bonds is 5. The summed E-state index contributed by atoms with van der Waals surface area (Å²) in [5.41, 5.74) is 1.14. The van der Waals surface area contributed by atoms with Gasteiger partial charge >= 0.3 is 0 Å². The summed E-state index contributed by atoms with van der Waals surface area (Å²) in [4.78, 5) is 0. The molecule has 1 aromatic carbocycles. The lowest BCUT2D eigenvalue weighted by Gasteiger charge is -2.22. The smallest absolute Gasteiger partial charge is 0.119 e. The highest BCUT2D eigenvalue weighted by Crippen LogP contribution is 2.23. The van der Waals surface area contributed by atoms with Gasteiger partial charge in [0.25, 0.3) is 0 Å². The summed E-state index contributed by atoms with van der Waals surface area (Å²) < 4.78 is 12.1. The first kappa shape index (κ1) is 13.8. The topological polar surface area (TPSA) is 30.5 Å². The third-order valence-corrected chi connectivity index (χ3v) is 4.04. The van der Waals surface area contributed by atoms with E-state index in [9.17, 15) is 0 Å². The third kappa shape index (κ3) is 3.97. The van der Waals surface area contributed by atoms with Crippen molar-refractivity contribution < 1.29 is 9.47 Å². The first-order valence-corrected chi connectivity index (χ1v) is 7.20. The Morgan fingerprint density at radius 3 is 3.06 bits per heavy atom. The van der Waals surface area contributed by atoms with E-state index < -0.39 is 0 Å². The lowest BCUT2D eigenvalue weighted by Crippen LogP contribution is -2.32. The van der Waals surface area contributed by atoms with Gasteiger partial charge in [-0.05, 0) is 49.1 Å². The second-order valence-corrected chi connectivity index (χ2v) is 5.54. The molecule has 1 aromatic rings. The Balaban J connectivity index is 1.81. The summed E-state index contributed by atoms with van der Waals surface area (Å²) in [7, 11) is 1.68. The highest BCUT2D eigenvalue weighted by atomic mass is 79.9. The summed E-state index contributed by atoms with van der Waals surface area (Å²) in [5, 5.41) is 3.40. The highest BCUT2D eigenvalue weighted by Gasteiger charge is 2.13. The molecule has 0 aliphatic carbocycles. The van der Waals surface area contributed by atoms with Gasteiger partial charge in [0.2, 0.25) is 0 Å². The van der Waals surface area contributed by atoms with Crippen molar-refractivity contribution in [3.8, 4) is 5.75 Å². The molecular weight excluding hydrogens is 294 g/mol. The second-order valence-electron chi connectivity index (χ2n) is 4.68. The van der Waals surface area contributed by atoms with Gasteiger partial charge in [0.15, 0.2) is 0 Å². The normalized spacial score (nSPS) is 19.8. The van der Waals surface area contributed by atoms with Crippen LogP contribution in [0, 0.1) is 5.92 Å². The van der Waals surface area contributed by atoms with E-state index >= 15 is 0 Å². The SMILES string of the molecule is COc1ccc(Br)c(COCC2CCCNC2)c1. The summed E-state index contributed by atoms with van der Waals surface area (Å²) in [6, 6.07) is 5.96. The molecule has 1 atom stereocenters. The zero-order valence-corrected chi connectivity index (χ0v) is 12.3. The van der Waals surface area contributed by atoms with Gasteiger partial charge in [0, 0.05) is 11.0 Å². The highest BCUT2D eigenvalue weighted by molar-refractivity contribution is 9.10. The maximum absolute atomic E-state index is 5.81. The maximum Gasteiger partial charge on any atom is 0.119 e. The summed E-state index contributed by atoms with van der Waals surface area (Å²) >= 11 is 3.54. The van der Waals surface area contributed by atoms with Crippen LogP contribution in [0.1, 0.15) is 18.4 Å². The molecule has 0 bridgehead atoms. The van der Waals surface area contributed by atoms with Crippen molar-refractivity contribution in [2.45, 2.75) is 19.4 Å². The van der Waals surface area contributed by atoms with Crippen LogP contribution in [0.4, 0.5) is 0 Å². The molecular formula is C14H20BrNO2. The van der Waals surface area contributed by atoms with Gasteiger partial charge in [-0.2, -0.15) is 0 Å². The predicted octanol–water partition coefficient (Wildman–Crippen LogP) is 2.97. The number of benzene rings is 1. The van der Waals surface area contributed by atoms with Gasteiger partial charge in [-0.25, -0.2) is 0 Å². The molecule has 1 fully saturated rings. The molecule has 3 nitrogen and oxygen atoms in total. The van der Waals surface area contributed by atoms with E-state index in [2.05, 4.69) is 21.2 Å². The van der Waals surface area contributed by atoms with E-state index in [1.165, 1.54) is 12.8 Å². The van der Waals surface area contributed by atoms with Gasteiger partial charge in [0.05, 0.1) is 20.3 Å². The molecule has 0 saturated carbocycles. The summed E-state index contributed by atoms with van der Waals surface area (Å²) in [5.74, 6) is 1.53. The number of piperidine rings is 1. The lowest BCUT2D eigenvalue weighted by molar-refractivity contribution is 0.0779. The van der Waals surface area contributed by atoms with Crippen LogP contribution in [0.5, 0.6) is 5.75 Å². The van der Waals surface area contributed by atoms with Crippen LogP contribution >= 0.6 is 15.9 Å². The van der Waals surface area contributed by atoms with Crippen molar-refractivity contribution >= 4 is 15.9 Å². The lowest BCUT2D eigenvalue weighted by atomic mass is 10.0. The van der Waals surface area contributed by atoms with Crippen molar-refractivity contribution in [1.29, 1.82) is 0 Å². The first-order chi connectivity index (χ1) is 8.79. The van der Waals surface area contributed by atoms with Crippen LogP contribution in [-0.2, 0) is 11.3 Å². The Morgan fingerprint density at radius 1 is 1.44 bits per heavy atom. The Kier molecular flexibility index (Phi) is 5.47. The minimum atomic E-state index is 0.633. The van der Waals surface area contributed by atoms with Crippen molar-refractivity contribution in [2.75, 3.05) is 26.8 Å². The zero-order chi connectivity index (χ0) is 12.8. The fourth-order valence-electron chi connectivity index (χ4n) is 2.19. The minimum absolute atomic E-state index is 0.633. The fraction of sp³-hybridized carbons (Fsp3) is 0.571. The molecule has 100 valence electrons. The number of nitrogens with one attached hydrogen (secondary N) is 1. The quantitative estimate of drug-likeness (QED) is 0.906. The molecule has 2 rings (SSSR count). The molecule has 1 aliphatic heterocycles. The molecule has 0 radical (unpaired) electrons. The predicted molar refractivity (Wildman–Crippen MR) is 75.9 cm³/mol. The number of hydrogen-bond acceptors (Lipinski definition) is 3. The molecule has 1 saturated heterocycles. The largest absolute Gasteiger partial charge is 0.497 e. The standard InChI is InChI=1S/C14H20BrNO2/c1-17-13-4-5-14(15)12(7-13)10-18-9-11-3-2-6-16-8-11/h4-5,7,11,16H,2-3,6,8-10H2,1H3. The Labute approximate surface area is 117 Å². The number of ether oxygens (including phenoxy) is 2. The van der Waals surface area contributed by atoms with Crippen molar-refractivity contribution in [2.24, 2.45) is 5.92 Å². The van der Waals surface area contributed by atoms with Gasteiger partial charge in [-0.3, -0.25) is 0 Å². The van der Waals surface area contributed by atoms with Crippen molar-refractivity contribution in [3.05, 3.63) is 28.2 Å². The molecule has 1 heterocycles. The fourth-order valence-corrected chi connectivity index (χ4v) is 2.55. The number of halogens is 1. The van der Waals surface area contributed by atoms with Crippen LogP contribution in [0.15, 0.2) is 22.7 Å². The van der Waals surface area contributed by atoms with Crippen LogP contribution in [0.25, 0.3) is 0 Å². The number of hydrogen-bond donors (Lipinski definition) is 1. The van der Waals surface area contributed by atoms with E-state index in [-0.39, 0.29) is 0 Å². The average molecular weight is 314 g/mol. The molecule has 0 spiro atoms. The zero-order valence-electron chi connectivity index (χ0n) is 10.7. The molecule has 0 amide bonds. The van der Waals surface area contributed by atoms with Gasteiger partial charge in [-0.1, -0.05) is 15.9 Å². The monoisotopic (exact) mass is 313 g/mol. The van der Waals surface area contributed by atoms with Gasteiger partial charge in [-0.15, -0.1) is 0 Å². The Hall–Kier alpha value is -0.580. The van der Waals surface area contributed by atoms with Crippen LogP contribution in [0.3, 0.4) is 0 Å². The van der Waals surface area contributed by atoms with E-state index in [1.54, 1.807) is 7.11 Å². The second kappa shape index (κ2) is 7.12. The molecule has 1 N–H and O–H groups in total. The third-order valence-electron chi connectivity index (χ3n) is 3.26. The van der Waals surface area contributed by atoms with E-state index in [0.717, 1.165) is 35.5 Å². The maximum atomic E-state index is 5.81. The van der Waals surface area contributed by atoms with Crippen LogP contribution in [-0.4, -0.2) is 26.8 Å². The van der Waals surface area contributed by atoms with Gasteiger partial charge in [0.1, 0.15) is 5.75 Å². The van der Waals surface area contributed by atoms with E-state index in [0.29, 0.717) is 12.5 Å². The Bertz CT molecular complexity index is 378. The first-order valence-electron chi connectivity index (χ1n) is 6.40. The summed E-state index contributed by atoms with van der Waals surface area (Å²) in [6.07, 6.45) is 2.53. The summed E-state index contributed by atoms with van der Waals surface area (Å²) in [6.45, 7) is 3.70. The van der Waals surface area contributed by atoms with Crippen molar-refractivity contribution in [1.82, 2.24) is 5.32 Å². The number of methoxy groups -OCH3 is 1.